The number of nitrogens with zero attached hydrogens (tertiary/aromatic N) is 4. The smallest absolute Gasteiger partial charge is 0.210 e. The van der Waals surface area contributed by atoms with Gasteiger partial charge in [0.25, 0.3) is 0 Å². The Morgan fingerprint density at radius 1 is 0.491 bits per heavy atom. The van der Waals surface area contributed by atoms with Gasteiger partial charge in [0.2, 0.25) is 5.69 Å². The van der Waals surface area contributed by atoms with Gasteiger partial charge in [-0.05, 0) is 121 Å². The predicted octanol–water partition coefficient (Wildman–Crippen LogP) is 14.8. The largest absolute Gasteiger partial charge is 0.320 e. The molecule has 0 saturated heterocycles. The second kappa shape index (κ2) is 13.3. The summed E-state index contributed by atoms with van der Waals surface area (Å²) in [6, 6.07) is 65.6. The van der Waals surface area contributed by atoms with E-state index in [1.807, 2.05) is 84.9 Å². The Morgan fingerprint density at radius 3 is 1.77 bits per heavy atom. The van der Waals surface area contributed by atoms with Gasteiger partial charge in [-0.15, -0.1) is 0 Å². The third kappa shape index (κ3) is 5.27. The topological polar surface area (TPSA) is 34.6 Å². The van der Waals surface area contributed by atoms with Crippen LogP contribution >= 0.6 is 0 Å². The van der Waals surface area contributed by atoms with Crippen molar-refractivity contribution in [1.82, 2.24) is 0 Å². The average Bonchev–Trinajstić information content (AvgIpc) is 3.51. The van der Waals surface area contributed by atoms with Crippen molar-refractivity contribution in [2.45, 2.75) is 19.3 Å². The Bertz CT molecular complexity index is 3130. The van der Waals surface area contributed by atoms with Crippen molar-refractivity contribution < 1.29 is 0 Å². The summed E-state index contributed by atoms with van der Waals surface area (Å²) in [7, 11) is 0. The van der Waals surface area contributed by atoms with E-state index in [1.54, 1.807) is 0 Å². The van der Waals surface area contributed by atoms with Gasteiger partial charge >= 0.3 is 0 Å². The average molecular weight is 729 g/mol. The molecule has 0 unspecified atom stereocenters. The van der Waals surface area contributed by atoms with Crippen LogP contribution in [0.3, 0.4) is 0 Å². The summed E-state index contributed by atoms with van der Waals surface area (Å²) in [6.45, 7) is 12.7. The number of benzene rings is 9. The maximum Gasteiger partial charge on any atom is 0.210 e. The molecular formula is C53H36N4. The van der Waals surface area contributed by atoms with E-state index in [2.05, 4.69) is 132 Å². The Balaban J connectivity index is 1.18. The van der Waals surface area contributed by atoms with Crippen LogP contribution in [-0.2, 0) is 5.41 Å². The van der Waals surface area contributed by atoms with Gasteiger partial charge in [0.15, 0.2) is 0 Å². The first-order valence-corrected chi connectivity index (χ1v) is 19.2. The fourth-order valence-corrected chi connectivity index (χ4v) is 9.23. The fourth-order valence-electron chi connectivity index (χ4n) is 9.23. The minimum Gasteiger partial charge on any atom is -0.320 e. The van der Waals surface area contributed by atoms with Crippen LogP contribution in [0.1, 0.15) is 30.5 Å². The third-order valence-electron chi connectivity index (χ3n) is 11.6. The van der Waals surface area contributed by atoms with Gasteiger partial charge < -0.3 is 9.80 Å². The molecule has 0 amide bonds. The van der Waals surface area contributed by atoms with E-state index in [9.17, 15) is 5.26 Å². The number of para-hydroxylation sites is 5. The van der Waals surface area contributed by atoms with E-state index in [1.165, 1.54) is 49.2 Å². The molecule has 9 aromatic carbocycles. The van der Waals surface area contributed by atoms with Crippen LogP contribution in [0.4, 0.5) is 39.8 Å². The zero-order chi connectivity index (χ0) is 38.7. The van der Waals surface area contributed by atoms with Crippen molar-refractivity contribution in [2.24, 2.45) is 0 Å². The summed E-state index contributed by atoms with van der Waals surface area (Å²) in [5.41, 5.74) is 11.8. The summed E-state index contributed by atoms with van der Waals surface area (Å²) in [4.78, 5) is 8.30. The molecule has 1 aliphatic rings. The maximum atomic E-state index is 10.1. The number of hydrogen-bond donors (Lipinski definition) is 0. The zero-order valence-electron chi connectivity index (χ0n) is 31.6. The van der Waals surface area contributed by atoms with E-state index < -0.39 is 0 Å². The van der Waals surface area contributed by atoms with Gasteiger partial charge in [0, 0.05) is 28.2 Å². The highest BCUT2D eigenvalue weighted by Crippen LogP contribution is 2.57. The lowest BCUT2D eigenvalue weighted by molar-refractivity contribution is 0.672. The van der Waals surface area contributed by atoms with Crippen molar-refractivity contribution in [3.63, 3.8) is 0 Å². The van der Waals surface area contributed by atoms with Crippen LogP contribution in [-0.4, -0.2) is 0 Å². The van der Waals surface area contributed by atoms with E-state index in [0.717, 1.165) is 39.5 Å². The van der Waals surface area contributed by atoms with E-state index in [4.69, 9.17) is 6.57 Å². The molecule has 4 heteroatoms. The first-order chi connectivity index (χ1) is 28.0. The molecule has 0 fully saturated rings. The zero-order valence-corrected chi connectivity index (χ0v) is 31.6. The standard InChI is InChI=1S/C53H36N4/c1-53(2)51-41-30-27-39(56(37-17-6-4-7-18-37)48-24-14-10-16-36(48)34-54)32-35(41)26-29-45(51)50-43-22-12-11-21-42(43)46-33-40(28-31-44(46)52(50)53)57(38-19-8-5-9-20-38)49-25-15-13-23-47(49)55-3/h4-33H,1-2H3. The SMILES string of the molecule is [C-]#[N+]c1ccccc1N(c1ccccc1)c1ccc2c3c(c4ccccc4c2c1)-c1ccc2cc(N(c4ccccc4)c4ccccc4C#N)ccc2c1C3(C)C. The molecule has 0 N–H and O–H groups in total. The van der Waals surface area contributed by atoms with Crippen molar-refractivity contribution in [2.75, 3.05) is 9.80 Å². The number of nitriles is 1. The quantitative estimate of drug-likeness (QED) is 0.126. The summed E-state index contributed by atoms with van der Waals surface area (Å²) in [6.07, 6.45) is 0. The van der Waals surface area contributed by atoms with Gasteiger partial charge in [-0.25, -0.2) is 4.85 Å². The second-order valence-corrected chi connectivity index (χ2v) is 15.1. The number of rotatable bonds is 6. The fraction of sp³-hybridized carbons (Fsp3) is 0.0566. The highest BCUT2D eigenvalue weighted by atomic mass is 15.2. The normalized spacial score (nSPS) is 12.5. The Morgan fingerprint density at radius 2 is 1.07 bits per heavy atom. The van der Waals surface area contributed by atoms with Gasteiger partial charge in [-0.3, -0.25) is 0 Å². The molecule has 0 radical (unpaired) electrons. The van der Waals surface area contributed by atoms with Crippen molar-refractivity contribution >= 4 is 72.1 Å². The summed E-state index contributed by atoms with van der Waals surface area (Å²) in [5.74, 6) is 0. The molecule has 57 heavy (non-hydrogen) atoms. The predicted molar refractivity (Wildman–Crippen MR) is 237 cm³/mol. The Labute approximate surface area is 332 Å². The minimum absolute atomic E-state index is 0.322. The summed E-state index contributed by atoms with van der Waals surface area (Å²) >= 11 is 0. The van der Waals surface area contributed by atoms with Gasteiger partial charge in [-0.1, -0.05) is 129 Å². The van der Waals surface area contributed by atoms with E-state index in [-0.39, 0.29) is 5.41 Å². The molecule has 1 aliphatic carbocycles. The molecule has 0 bridgehead atoms. The Kier molecular flexibility index (Phi) is 7.89. The summed E-state index contributed by atoms with van der Waals surface area (Å²) < 4.78 is 0. The maximum absolute atomic E-state index is 10.1. The van der Waals surface area contributed by atoms with Gasteiger partial charge in [-0.2, -0.15) is 5.26 Å². The first-order valence-electron chi connectivity index (χ1n) is 19.2. The Hall–Kier alpha value is -7.66. The van der Waals surface area contributed by atoms with Gasteiger partial charge in [0.05, 0.1) is 23.5 Å². The lowest BCUT2D eigenvalue weighted by Gasteiger charge is -2.29. The van der Waals surface area contributed by atoms with Crippen LogP contribution in [0.25, 0.3) is 48.3 Å². The molecule has 0 aromatic heterocycles. The molecule has 10 rings (SSSR count). The molecule has 0 spiro atoms. The van der Waals surface area contributed by atoms with Crippen molar-refractivity contribution in [3.05, 3.63) is 210 Å². The third-order valence-corrected chi connectivity index (χ3v) is 11.6. The molecule has 0 atom stereocenters. The van der Waals surface area contributed by atoms with Gasteiger partial charge in [0.1, 0.15) is 6.07 Å². The number of anilines is 6. The molecule has 9 aromatic rings. The molecule has 4 nitrogen and oxygen atoms in total. The van der Waals surface area contributed by atoms with Crippen molar-refractivity contribution in [1.29, 1.82) is 5.26 Å². The highest BCUT2D eigenvalue weighted by molar-refractivity contribution is 6.20. The van der Waals surface area contributed by atoms with Crippen LogP contribution in [0.5, 0.6) is 0 Å². The monoisotopic (exact) mass is 728 g/mol. The summed E-state index contributed by atoms with van der Waals surface area (Å²) in [5, 5.41) is 17.3. The van der Waals surface area contributed by atoms with E-state index >= 15 is 0 Å². The molecule has 268 valence electrons. The lowest BCUT2D eigenvalue weighted by atomic mass is 9.77. The molecule has 0 saturated carbocycles. The highest BCUT2D eigenvalue weighted by Gasteiger charge is 2.40. The van der Waals surface area contributed by atoms with Crippen LogP contribution in [0, 0.1) is 17.9 Å². The van der Waals surface area contributed by atoms with E-state index in [0.29, 0.717) is 11.3 Å². The van der Waals surface area contributed by atoms with Crippen LogP contribution in [0.2, 0.25) is 0 Å². The lowest BCUT2D eigenvalue weighted by Crippen LogP contribution is -2.16. The van der Waals surface area contributed by atoms with Crippen molar-refractivity contribution in [3.8, 4) is 17.2 Å². The number of fused-ring (bicyclic) bond motifs is 10. The molecule has 0 heterocycles. The van der Waals surface area contributed by atoms with Crippen LogP contribution in [0.15, 0.2) is 182 Å². The molecule has 0 aliphatic heterocycles. The first kappa shape index (κ1) is 33.9. The molecular weight excluding hydrogens is 693 g/mol. The van der Waals surface area contributed by atoms with Crippen LogP contribution < -0.4 is 9.80 Å². The number of hydrogen-bond acceptors (Lipinski definition) is 3. The second-order valence-electron chi connectivity index (χ2n) is 15.1. The minimum atomic E-state index is -0.322.